The summed E-state index contributed by atoms with van der Waals surface area (Å²) in [5, 5.41) is 14.8. The van der Waals surface area contributed by atoms with Gasteiger partial charge >= 0.3 is 0 Å². The molecule has 19 heavy (non-hydrogen) atoms. The Bertz CT molecular complexity index is 559. The number of aryl methyl sites for hydroxylation is 1. The number of thiophene rings is 1. The molecule has 0 unspecified atom stereocenters. The van der Waals surface area contributed by atoms with Crippen molar-refractivity contribution in [2.24, 2.45) is 5.73 Å². The molecule has 100 valence electrons. The molecule has 2 amide bonds. The van der Waals surface area contributed by atoms with Crippen LogP contribution in [0.3, 0.4) is 0 Å². The lowest BCUT2D eigenvalue weighted by molar-refractivity contribution is -0.123. The minimum atomic E-state index is -0.385. The van der Waals surface area contributed by atoms with Crippen LogP contribution in [-0.4, -0.2) is 24.9 Å². The Morgan fingerprint density at radius 2 is 2.16 bits per heavy atom. The fourth-order valence-corrected chi connectivity index (χ4v) is 3.29. The van der Waals surface area contributed by atoms with Gasteiger partial charge in [0.1, 0.15) is 11.1 Å². The first kappa shape index (κ1) is 13.5. The lowest BCUT2D eigenvalue weighted by Gasteiger charge is -2.05. The molecule has 1 aliphatic rings. The molecule has 0 fully saturated rings. The summed E-state index contributed by atoms with van der Waals surface area (Å²) in [6.45, 7) is -0.284. The SMILES string of the molecule is N#Cc1c(NC(=O)CNC(=O)CN)sc2c1CCC2. The van der Waals surface area contributed by atoms with E-state index in [2.05, 4.69) is 16.7 Å². The predicted octanol–water partition coefficient (Wildman–Crippen LogP) is 0.122. The second-order valence-corrected chi connectivity index (χ2v) is 5.31. The van der Waals surface area contributed by atoms with E-state index >= 15 is 0 Å². The maximum atomic E-state index is 11.7. The van der Waals surface area contributed by atoms with Gasteiger partial charge in [0, 0.05) is 4.88 Å². The summed E-state index contributed by atoms with van der Waals surface area (Å²) in [4.78, 5) is 23.8. The average Bonchev–Trinajstić information content (AvgIpc) is 2.96. The molecular formula is C12H14N4O2S. The number of hydrogen-bond donors (Lipinski definition) is 3. The third-order valence-electron chi connectivity index (χ3n) is 2.92. The van der Waals surface area contributed by atoms with E-state index in [0.29, 0.717) is 10.6 Å². The molecule has 1 heterocycles. The number of carbonyl (C=O) groups is 2. The van der Waals surface area contributed by atoms with Crippen LogP contribution in [0.15, 0.2) is 0 Å². The number of hydrogen-bond acceptors (Lipinski definition) is 5. The van der Waals surface area contributed by atoms with E-state index in [0.717, 1.165) is 24.8 Å². The van der Waals surface area contributed by atoms with Crippen molar-refractivity contribution in [3.05, 3.63) is 16.0 Å². The van der Waals surface area contributed by atoms with Gasteiger partial charge in [-0.15, -0.1) is 11.3 Å². The summed E-state index contributed by atoms with van der Waals surface area (Å²) >= 11 is 1.45. The largest absolute Gasteiger partial charge is 0.346 e. The Morgan fingerprint density at radius 1 is 1.37 bits per heavy atom. The number of nitrogens with two attached hydrogens (primary N) is 1. The molecule has 1 aliphatic carbocycles. The Morgan fingerprint density at radius 3 is 2.84 bits per heavy atom. The second kappa shape index (κ2) is 5.82. The van der Waals surface area contributed by atoms with Gasteiger partial charge in [0.05, 0.1) is 18.7 Å². The fourth-order valence-electron chi connectivity index (χ4n) is 2.03. The molecule has 2 rings (SSSR count). The molecule has 0 saturated heterocycles. The maximum absolute atomic E-state index is 11.7. The van der Waals surface area contributed by atoms with E-state index in [1.165, 1.54) is 16.2 Å². The van der Waals surface area contributed by atoms with Crippen LogP contribution in [0, 0.1) is 11.3 Å². The third-order valence-corrected chi connectivity index (χ3v) is 4.12. The van der Waals surface area contributed by atoms with Crippen LogP contribution >= 0.6 is 11.3 Å². The van der Waals surface area contributed by atoms with Crippen molar-refractivity contribution in [1.82, 2.24) is 5.32 Å². The Hall–Kier alpha value is -1.91. The van der Waals surface area contributed by atoms with E-state index in [4.69, 9.17) is 11.0 Å². The zero-order chi connectivity index (χ0) is 13.8. The highest BCUT2D eigenvalue weighted by molar-refractivity contribution is 7.16. The summed E-state index contributed by atoms with van der Waals surface area (Å²) in [5.41, 5.74) is 6.75. The summed E-state index contributed by atoms with van der Waals surface area (Å²) in [7, 11) is 0. The second-order valence-electron chi connectivity index (χ2n) is 4.20. The molecule has 0 aliphatic heterocycles. The topological polar surface area (TPSA) is 108 Å². The molecule has 7 heteroatoms. The Kier molecular flexibility index (Phi) is 4.14. The van der Waals surface area contributed by atoms with Crippen LogP contribution in [-0.2, 0) is 22.4 Å². The first-order valence-electron chi connectivity index (χ1n) is 5.97. The van der Waals surface area contributed by atoms with Crippen molar-refractivity contribution in [2.75, 3.05) is 18.4 Å². The number of anilines is 1. The fraction of sp³-hybridized carbons (Fsp3) is 0.417. The van der Waals surface area contributed by atoms with Gasteiger partial charge in [-0.25, -0.2) is 0 Å². The number of nitrogens with zero attached hydrogens (tertiary/aromatic N) is 1. The summed E-state index contributed by atoms with van der Waals surface area (Å²) in [6.07, 6.45) is 2.93. The number of nitrogens with one attached hydrogen (secondary N) is 2. The van der Waals surface area contributed by atoms with Crippen molar-refractivity contribution in [3.8, 4) is 6.07 Å². The zero-order valence-corrected chi connectivity index (χ0v) is 11.1. The normalized spacial score (nSPS) is 12.6. The van der Waals surface area contributed by atoms with Crippen LogP contribution in [0.5, 0.6) is 0 Å². The van der Waals surface area contributed by atoms with Crippen molar-refractivity contribution in [1.29, 1.82) is 5.26 Å². The maximum Gasteiger partial charge on any atom is 0.244 e. The highest BCUT2D eigenvalue weighted by Gasteiger charge is 2.22. The predicted molar refractivity (Wildman–Crippen MR) is 71.8 cm³/mol. The molecule has 0 spiro atoms. The molecule has 0 radical (unpaired) electrons. The number of rotatable bonds is 4. The summed E-state index contributed by atoms with van der Waals surface area (Å²) in [6, 6.07) is 2.15. The lowest BCUT2D eigenvalue weighted by Crippen LogP contribution is -2.36. The van der Waals surface area contributed by atoms with Crippen molar-refractivity contribution in [2.45, 2.75) is 19.3 Å². The van der Waals surface area contributed by atoms with Crippen LogP contribution < -0.4 is 16.4 Å². The standard InChI is InChI=1S/C12H14N4O2S/c13-4-8-7-2-1-3-9(7)19-12(8)16-11(18)6-15-10(17)5-14/h1-3,5-6,14H2,(H,15,17)(H,16,18). The number of fused-ring (bicyclic) bond motifs is 1. The van der Waals surface area contributed by atoms with E-state index in [1.54, 1.807) is 0 Å². The van der Waals surface area contributed by atoms with Gasteiger partial charge in [-0.2, -0.15) is 5.26 Å². The van der Waals surface area contributed by atoms with Gasteiger partial charge in [-0.05, 0) is 24.8 Å². The van der Waals surface area contributed by atoms with Gasteiger partial charge in [0.15, 0.2) is 0 Å². The van der Waals surface area contributed by atoms with Gasteiger partial charge in [-0.3, -0.25) is 9.59 Å². The van der Waals surface area contributed by atoms with Crippen molar-refractivity contribution < 1.29 is 9.59 Å². The third kappa shape index (κ3) is 2.92. The highest BCUT2D eigenvalue weighted by Crippen LogP contribution is 2.38. The highest BCUT2D eigenvalue weighted by atomic mass is 32.1. The van der Waals surface area contributed by atoms with Gasteiger partial charge in [-0.1, -0.05) is 0 Å². The quantitative estimate of drug-likeness (QED) is 0.727. The zero-order valence-electron chi connectivity index (χ0n) is 10.3. The first-order chi connectivity index (χ1) is 9.15. The van der Waals surface area contributed by atoms with Gasteiger partial charge < -0.3 is 16.4 Å². The van der Waals surface area contributed by atoms with E-state index < -0.39 is 0 Å². The van der Waals surface area contributed by atoms with Crippen molar-refractivity contribution in [3.63, 3.8) is 0 Å². The van der Waals surface area contributed by atoms with E-state index in [9.17, 15) is 9.59 Å². The Labute approximate surface area is 114 Å². The summed E-state index contributed by atoms with van der Waals surface area (Å²) < 4.78 is 0. The molecule has 1 aromatic heterocycles. The minimum Gasteiger partial charge on any atom is -0.346 e. The molecule has 4 N–H and O–H groups in total. The number of carbonyl (C=O) groups excluding carboxylic acids is 2. The van der Waals surface area contributed by atoms with E-state index in [1.807, 2.05) is 0 Å². The average molecular weight is 278 g/mol. The molecular weight excluding hydrogens is 264 g/mol. The molecule has 6 nitrogen and oxygen atoms in total. The summed E-state index contributed by atoms with van der Waals surface area (Å²) in [5.74, 6) is -0.734. The first-order valence-corrected chi connectivity index (χ1v) is 6.78. The van der Waals surface area contributed by atoms with Crippen molar-refractivity contribution >= 4 is 28.2 Å². The van der Waals surface area contributed by atoms with Crippen LogP contribution in [0.1, 0.15) is 22.4 Å². The van der Waals surface area contributed by atoms with Gasteiger partial charge in [0.25, 0.3) is 0 Å². The Balaban J connectivity index is 2.02. The minimum absolute atomic E-state index is 0.135. The molecule has 0 atom stereocenters. The van der Waals surface area contributed by atoms with Crippen LogP contribution in [0.25, 0.3) is 0 Å². The molecule has 0 aromatic carbocycles. The molecule has 0 saturated carbocycles. The molecule has 1 aromatic rings. The number of nitriles is 1. The van der Waals surface area contributed by atoms with Gasteiger partial charge in [0.2, 0.25) is 11.8 Å². The molecule has 0 bridgehead atoms. The van der Waals surface area contributed by atoms with E-state index in [-0.39, 0.29) is 24.9 Å². The number of amides is 2. The lowest BCUT2D eigenvalue weighted by atomic mass is 10.1. The van der Waals surface area contributed by atoms with Crippen LogP contribution in [0.2, 0.25) is 0 Å². The monoisotopic (exact) mass is 278 g/mol. The smallest absolute Gasteiger partial charge is 0.244 e. The van der Waals surface area contributed by atoms with Crippen LogP contribution in [0.4, 0.5) is 5.00 Å².